The number of carbonyl (C=O) groups excluding carboxylic acids is 1. The second kappa shape index (κ2) is 7.25. The molecule has 0 spiro atoms. The van der Waals surface area contributed by atoms with Crippen LogP contribution in [0.15, 0.2) is 0 Å². The van der Waals surface area contributed by atoms with Crippen LogP contribution in [0.3, 0.4) is 0 Å². The molecule has 0 aromatic rings. The Morgan fingerprint density at radius 1 is 1.50 bits per heavy atom. The van der Waals surface area contributed by atoms with Gasteiger partial charge in [0.2, 0.25) is 5.91 Å². The molecule has 1 heterocycles. The van der Waals surface area contributed by atoms with E-state index in [0.29, 0.717) is 38.9 Å². The molecule has 1 atom stereocenters. The van der Waals surface area contributed by atoms with Gasteiger partial charge in [-0.3, -0.25) is 14.5 Å². The van der Waals surface area contributed by atoms with E-state index >= 15 is 0 Å². The molecule has 0 radical (unpaired) electrons. The highest BCUT2D eigenvalue weighted by Gasteiger charge is 2.44. The van der Waals surface area contributed by atoms with Crippen molar-refractivity contribution in [3.63, 3.8) is 0 Å². The van der Waals surface area contributed by atoms with Gasteiger partial charge in [0, 0.05) is 20.1 Å². The third kappa shape index (κ3) is 3.94. The van der Waals surface area contributed by atoms with E-state index in [1.165, 1.54) is 4.90 Å². The van der Waals surface area contributed by atoms with E-state index in [1.807, 2.05) is 17.9 Å². The lowest BCUT2D eigenvalue weighted by Crippen LogP contribution is -2.40. The number of likely N-dealkylation sites (tertiary alicyclic amines) is 1. The first kappa shape index (κ1) is 16.4. The van der Waals surface area contributed by atoms with E-state index in [0.717, 1.165) is 6.42 Å². The molecule has 0 aromatic heterocycles. The van der Waals surface area contributed by atoms with Crippen molar-refractivity contribution in [1.82, 2.24) is 9.80 Å². The molecule has 1 N–H and O–H groups in total. The standard InChI is InChI=1S/C14H23N3O3/c1-3-5-14(13(19)20)6-9-17(11-14)10-12(18)16(2)8-4-7-15/h3-6,8-11H2,1-2H3,(H,19,20). The molecule has 0 aromatic carbocycles. The molecule has 6 heteroatoms. The second-order valence-electron chi connectivity index (χ2n) is 5.52. The number of hydrogen-bond acceptors (Lipinski definition) is 4. The third-order valence-electron chi connectivity index (χ3n) is 3.96. The van der Waals surface area contributed by atoms with Crippen molar-refractivity contribution in [2.45, 2.75) is 32.6 Å². The summed E-state index contributed by atoms with van der Waals surface area (Å²) in [5.74, 6) is -0.815. The highest BCUT2D eigenvalue weighted by molar-refractivity contribution is 5.79. The molecule has 0 bridgehead atoms. The van der Waals surface area contributed by atoms with Crippen molar-refractivity contribution >= 4 is 11.9 Å². The van der Waals surface area contributed by atoms with Gasteiger partial charge in [-0.05, 0) is 19.4 Å². The Balaban J connectivity index is 2.53. The number of nitriles is 1. The fourth-order valence-electron chi connectivity index (χ4n) is 2.71. The highest BCUT2D eigenvalue weighted by atomic mass is 16.4. The first-order valence-corrected chi connectivity index (χ1v) is 7.02. The van der Waals surface area contributed by atoms with E-state index in [2.05, 4.69) is 0 Å². The molecule has 1 fully saturated rings. The Hall–Kier alpha value is -1.61. The number of carbonyl (C=O) groups is 2. The predicted octanol–water partition coefficient (Wildman–Crippen LogP) is 0.935. The number of carboxylic acids is 1. The van der Waals surface area contributed by atoms with Gasteiger partial charge in [0.15, 0.2) is 0 Å². The minimum atomic E-state index is -0.757. The number of carboxylic acid groups (broad SMARTS) is 1. The zero-order valence-electron chi connectivity index (χ0n) is 12.3. The van der Waals surface area contributed by atoms with Crippen molar-refractivity contribution in [3.05, 3.63) is 0 Å². The van der Waals surface area contributed by atoms with Gasteiger partial charge >= 0.3 is 5.97 Å². The van der Waals surface area contributed by atoms with E-state index in [1.54, 1.807) is 7.05 Å². The van der Waals surface area contributed by atoms with Crippen LogP contribution in [0.1, 0.15) is 32.6 Å². The molecule has 20 heavy (non-hydrogen) atoms. The number of likely N-dealkylation sites (N-methyl/N-ethyl adjacent to an activating group) is 1. The summed E-state index contributed by atoms with van der Waals surface area (Å²) in [4.78, 5) is 26.9. The van der Waals surface area contributed by atoms with Crippen LogP contribution >= 0.6 is 0 Å². The molecule has 0 saturated carbocycles. The van der Waals surface area contributed by atoms with Crippen LogP contribution in [0.2, 0.25) is 0 Å². The number of amides is 1. The lowest BCUT2D eigenvalue weighted by Gasteiger charge is -2.25. The van der Waals surface area contributed by atoms with Crippen LogP contribution < -0.4 is 0 Å². The third-order valence-corrected chi connectivity index (χ3v) is 3.96. The SMILES string of the molecule is CCCC1(C(=O)O)CCN(CC(=O)N(C)CCC#N)C1. The summed E-state index contributed by atoms with van der Waals surface area (Å²) in [6.45, 7) is 3.72. The van der Waals surface area contributed by atoms with Crippen molar-refractivity contribution < 1.29 is 14.7 Å². The first-order valence-electron chi connectivity index (χ1n) is 7.02. The van der Waals surface area contributed by atoms with Gasteiger partial charge in [-0.25, -0.2) is 0 Å². The molecule has 1 unspecified atom stereocenters. The fraction of sp³-hybridized carbons (Fsp3) is 0.786. The number of rotatable bonds is 7. The van der Waals surface area contributed by atoms with Gasteiger partial charge in [0.25, 0.3) is 0 Å². The smallest absolute Gasteiger partial charge is 0.310 e. The Morgan fingerprint density at radius 2 is 2.20 bits per heavy atom. The Kier molecular flexibility index (Phi) is 5.96. The molecule has 6 nitrogen and oxygen atoms in total. The topological polar surface area (TPSA) is 84.6 Å². The van der Waals surface area contributed by atoms with Crippen LogP contribution in [0.5, 0.6) is 0 Å². The average molecular weight is 281 g/mol. The van der Waals surface area contributed by atoms with Crippen molar-refractivity contribution in [1.29, 1.82) is 5.26 Å². The van der Waals surface area contributed by atoms with Crippen molar-refractivity contribution in [2.24, 2.45) is 5.41 Å². The molecule has 1 amide bonds. The molecule has 1 aliphatic heterocycles. The van der Waals surface area contributed by atoms with Gasteiger partial charge in [0.1, 0.15) is 0 Å². The van der Waals surface area contributed by atoms with Crippen molar-refractivity contribution in [3.8, 4) is 6.07 Å². The summed E-state index contributed by atoms with van der Waals surface area (Å²) in [6.07, 6.45) is 2.40. The quantitative estimate of drug-likeness (QED) is 0.750. The molecular weight excluding hydrogens is 258 g/mol. The van der Waals surface area contributed by atoms with Crippen molar-refractivity contribution in [2.75, 3.05) is 33.2 Å². The van der Waals surface area contributed by atoms with Crippen LogP contribution in [0.4, 0.5) is 0 Å². The molecule has 0 aliphatic carbocycles. The summed E-state index contributed by atoms with van der Waals surface area (Å²) in [5.41, 5.74) is -0.694. The summed E-state index contributed by atoms with van der Waals surface area (Å²) in [7, 11) is 1.67. The Morgan fingerprint density at radius 3 is 2.75 bits per heavy atom. The monoisotopic (exact) mass is 281 g/mol. The van der Waals surface area contributed by atoms with Crippen LogP contribution in [0, 0.1) is 16.7 Å². The van der Waals surface area contributed by atoms with E-state index < -0.39 is 11.4 Å². The summed E-state index contributed by atoms with van der Waals surface area (Å²) in [6, 6.07) is 2.01. The molecule has 1 saturated heterocycles. The van der Waals surface area contributed by atoms with Crippen LogP contribution in [-0.2, 0) is 9.59 Å². The zero-order chi connectivity index (χ0) is 15.2. The maximum atomic E-state index is 12.0. The highest BCUT2D eigenvalue weighted by Crippen LogP contribution is 2.35. The number of aliphatic carboxylic acids is 1. The zero-order valence-corrected chi connectivity index (χ0v) is 12.3. The Labute approximate surface area is 120 Å². The average Bonchev–Trinajstić information content (AvgIpc) is 2.80. The minimum absolute atomic E-state index is 0.0575. The van der Waals surface area contributed by atoms with E-state index in [4.69, 9.17) is 5.26 Å². The molecular formula is C14H23N3O3. The lowest BCUT2D eigenvalue weighted by molar-refractivity contribution is -0.149. The summed E-state index contributed by atoms with van der Waals surface area (Å²) >= 11 is 0. The van der Waals surface area contributed by atoms with Crippen LogP contribution in [0.25, 0.3) is 0 Å². The van der Waals surface area contributed by atoms with E-state index in [9.17, 15) is 14.7 Å². The van der Waals surface area contributed by atoms with Gasteiger partial charge in [-0.15, -0.1) is 0 Å². The normalized spacial score (nSPS) is 22.4. The maximum absolute atomic E-state index is 12.0. The molecule has 1 rings (SSSR count). The van der Waals surface area contributed by atoms with Gasteiger partial charge in [-0.2, -0.15) is 5.26 Å². The van der Waals surface area contributed by atoms with Gasteiger partial charge < -0.3 is 10.0 Å². The maximum Gasteiger partial charge on any atom is 0.310 e. The first-order chi connectivity index (χ1) is 9.45. The van der Waals surface area contributed by atoms with E-state index in [-0.39, 0.29) is 12.5 Å². The lowest BCUT2D eigenvalue weighted by atomic mass is 9.83. The summed E-state index contributed by atoms with van der Waals surface area (Å²) < 4.78 is 0. The second-order valence-corrected chi connectivity index (χ2v) is 5.52. The molecule has 112 valence electrons. The molecule has 1 aliphatic rings. The fourth-order valence-corrected chi connectivity index (χ4v) is 2.71. The number of hydrogen-bond donors (Lipinski definition) is 1. The van der Waals surface area contributed by atoms with Crippen LogP contribution in [-0.4, -0.2) is 60.0 Å². The predicted molar refractivity (Wildman–Crippen MR) is 73.9 cm³/mol. The number of nitrogens with zero attached hydrogens (tertiary/aromatic N) is 3. The van der Waals surface area contributed by atoms with Gasteiger partial charge in [-0.1, -0.05) is 13.3 Å². The Bertz CT molecular complexity index is 405. The van der Waals surface area contributed by atoms with Gasteiger partial charge in [0.05, 0.1) is 24.4 Å². The largest absolute Gasteiger partial charge is 0.481 e. The summed E-state index contributed by atoms with van der Waals surface area (Å²) in [5, 5.41) is 17.9. The minimum Gasteiger partial charge on any atom is -0.481 e.